The van der Waals surface area contributed by atoms with Gasteiger partial charge in [0.1, 0.15) is 19.3 Å². The molecule has 0 aromatic heterocycles. The Balaban J connectivity index is 5.32. The van der Waals surface area contributed by atoms with Crippen molar-refractivity contribution in [2.45, 2.75) is 341 Å². The number of hydrogen-bond acceptors (Lipinski definition) is 15. The molecule has 0 amide bonds. The van der Waals surface area contributed by atoms with E-state index in [9.17, 15) is 43.2 Å². The van der Waals surface area contributed by atoms with Crippen molar-refractivity contribution >= 4 is 39.5 Å². The Bertz CT molecular complexity index is 2070. The Kier molecular flexibility index (Phi) is 65.5. The molecule has 94 heavy (non-hydrogen) atoms. The second kappa shape index (κ2) is 68.0. The first-order valence-electron chi connectivity index (χ1n) is 37.2. The maximum atomic E-state index is 13.0. The number of aliphatic hydroxyl groups excluding tert-OH is 1. The van der Waals surface area contributed by atoms with Crippen molar-refractivity contribution in [1.29, 1.82) is 0 Å². The molecular formula is C75H134O17P2. The van der Waals surface area contributed by atoms with E-state index in [4.69, 9.17) is 37.0 Å². The molecule has 3 N–H and O–H groups in total. The van der Waals surface area contributed by atoms with Crippen LogP contribution >= 0.6 is 15.6 Å². The van der Waals surface area contributed by atoms with E-state index in [0.717, 1.165) is 154 Å². The number of allylic oxidation sites excluding steroid dienone is 12. The SMILES string of the molecule is CC/C=C\C/C=C\C/C=C\C/C=C\CCCCCCC(=O)OCC(COP(=O)(O)OCC(O)COP(=O)(O)OCC(COC(=O)CCCCCCC/C=C\CCCCCC)OC(=O)CCCCCCC/C=C\CCCCCC)OC(=O)CCCCCCCCCCCCC. The lowest BCUT2D eigenvalue weighted by Crippen LogP contribution is -2.30. The summed E-state index contributed by atoms with van der Waals surface area (Å²) >= 11 is 0. The van der Waals surface area contributed by atoms with E-state index in [0.29, 0.717) is 25.7 Å². The van der Waals surface area contributed by atoms with Crippen LogP contribution in [-0.2, 0) is 65.4 Å². The summed E-state index contributed by atoms with van der Waals surface area (Å²) in [6.07, 6.45) is 66.1. The molecule has 0 aromatic carbocycles. The quantitative estimate of drug-likeness (QED) is 0.0169. The van der Waals surface area contributed by atoms with Crippen LogP contribution in [-0.4, -0.2) is 96.7 Å². The van der Waals surface area contributed by atoms with Crippen molar-refractivity contribution in [3.05, 3.63) is 72.9 Å². The molecule has 0 saturated heterocycles. The van der Waals surface area contributed by atoms with Gasteiger partial charge >= 0.3 is 39.5 Å². The second-order valence-electron chi connectivity index (χ2n) is 24.9. The number of carbonyl (C=O) groups is 4. The Morgan fingerprint density at radius 2 is 0.553 bits per heavy atom. The molecule has 0 aliphatic carbocycles. The first kappa shape index (κ1) is 90.5. The van der Waals surface area contributed by atoms with Crippen LogP contribution in [0.25, 0.3) is 0 Å². The molecule has 0 bridgehead atoms. The minimum Gasteiger partial charge on any atom is -0.462 e. The van der Waals surface area contributed by atoms with Crippen molar-refractivity contribution in [2.24, 2.45) is 0 Å². The first-order valence-corrected chi connectivity index (χ1v) is 40.2. The van der Waals surface area contributed by atoms with E-state index in [1.807, 2.05) is 0 Å². The zero-order chi connectivity index (χ0) is 69.0. The predicted molar refractivity (Wildman–Crippen MR) is 381 cm³/mol. The lowest BCUT2D eigenvalue weighted by atomic mass is 10.1. The van der Waals surface area contributed by atoms with E-state index in [1.165, 1.54) is 89.9 Å². The number of carbonyl (C=O) groups excluding carboxylic acids is 4. The molecule has 17 nitrogen and oxygen atoms in total. The first-order chi connectivity index (χ1) is 45.7. The van der Waals surface area contributed by atoms with Gasteiger partial charge in [0.2, 0.25) is 0 Å². The predicted octanol–water partition coefficient (Wildman–Crippen LogP) is 20.9. The molecule has 19 heteroatoms. The highest BCUT2D eigenvalue weighted by Gasteiger charge is 2.30. The maximum Gasteiger partial charge on any atom is 0.472 e. The van der Waals surface area contributed by atoms with Gasteiger partial charge in [-0.2, -0.15) is 0 Å². The van der Waals surface area contributed by atoms with Crippen molar-refractivity contribution in [2.75, 3.05) is 39.6 Å². The molecule has 5 atom stereocenters. The smallest absolute Gasteiger partial charge is 0.462 e. The van der Waals surface area contributed by atoms with Gasteiger partial charge in [0.15, 0.2) is 12.2 Å². The van der Waals surface area contributed by atoms with E-state index < -0.39 is 97.5 Å². The number of phosphoric acid groups is 2. The molecule has 5 unspecified atom stereocenters. The highest BCUT2D eigenvalue weighted by atomic mass is 31.2. The zero-order valence-electron chi connectivity index (χ0n) is 59.4. The fourth-order valence-corrected chi connectivity index (χ4v) is 11.5. The summed E-state index contributed by atoms with van der Waals surface area (Å²) in [6.45, 7) is 4.70. The molecule has 0 radical (unpaired) electrons. The molecule has 0 heterocycles. The van der Waals surface area contributed by atoms with Gasteiger partial charge in [0, 0.05) is 25.7 Å². The summed E-state index contributed by atoms with van der Waals surface area (Å²) in [7, 11) is -9.94. The normalized spacial score (nSPS) is 14.4. The van der Waals surface area contributed by atoms with Crippen LogP contribution in [0, 0.1) is 0 Å². The van der Waals surface area contributed by atoms with E-state index in [2.05, 4.69) is 101 Å². The molecule has 0 aromatic rings. The molecule has 0 fully saturated rings. The van der Waals surface area contributed by atoms with Gasteiger partial charge in [-0.25, -0.2) is 9.13 Å². The average Bonchev–Trinajstić information content (AvgIpc) is 1.32. The monoisotopic (exact) mass is 1370 g/mol. The van der Waals surface area contributed by atoms with Crippen LogP contribution in [0.5, 0.6) is 0 Å². The summed E-state index contributed by atoms with van der Waals surface area (Å²) in [6, 6.07) is 0. The van der Waals surface area contributed by atoms with E-state index in [-0.39, 0.29) is 25.7 Å². The van der Waals surface area contributed by atoms with Gasteiger partial charge in [0.05, 0.1) is 26.4 Å². The average molecular weight is 1370 g/mol. The number of hydrogen-bond donors (Lipinski definition) is 3. The van der Waals surface area contributed by atoms with Gasteiger partial charge < -0.3 is 33.8 Å². The Morgan fingerprint density at radius 1 is 0.309 bits per heavy atom. The van der Waals surface area contributed by atoms with Crippen LogP contribution in [0.2, 0.25) is 0 Å². The summed E-state index contributed by atoms with van der Waals surface area (Å²) in [4.78, 5) is 72.7. The number of ether oxygens (including phenoxy) is 4. The molecule has 0 aliphatic rings. The highest BCUT2D eigenvalue weighted by molar-refractivity contribution is 7.47. The fraction of sp³-hybridized carbons (Fsp3) is 0.787. The van der Waals surface area contributed by atoms with Gasteiger partial charge in [-0.3, -0.25) is 37.3 Å². The molecule has 0 saturated carbocycles. The van der Waals surface area contributed by atoms with Gasteiger partial charge in [-0.15, -0.1) is 0 Å². The molecular weight excluding hydrogens is 1230 g/mol. The van der Waals surface area contributed by atoms with Gasteiger partial charge in [0.25, 0.3) is 0 Å². The largest absolute Gasteiger partial charge is 0.472 e. The molecule has 546 valence electrons. The summed E-state index contributed by atoms with van der Waals surface area (Å²) in [5.41, 5.74) is 0. The number of phosphoric ester groups is 2. The number of aliphatic hydroxyl groups is 1. The molecule has 0 aliphatic heterocycles. The maximum absolute atomic E-state index is 13.0. The highest BCUT2D eigenvalue weighted by Crippen LogP contribution is 2.45. The third-order valence-corrected chi connectivity index (χ3v) is 17.6. The van der Waals surface area contributed by atoms with E-state index >= 15 is 0 Å². The van der Waals surface area contributed by atoms with Crippen molar-refractivity contribution in [3.8, 4) is 0 Å². The Morgan fingerprint density at radius 3 is 0.872 bits per heavy atom. The number of esters is 4. The third kappa shape index (κ3) is 67.1. The summed E-state index contributed by atoms with van der Waals surface area (Å²) in [5, 5.41) is 10.6. The summed E-state index contributed by atoms with van der Waals surface area (Å²) in [5.74, 6) is -2.20. The molecule has 0 spiro atoms. The molecule has 0 rings (SSSR count). The Hall–Kier alpha value is -3.50. The van der Waals surface area contributed by atoms with Crippen molar-refractivity contribution < 1.29 is 80.2 Å². The minimum absolute atomic E-state index is 0.0861. The summed E-state index contributed by atoms with van der Waals surface area (Å²) < 4.78 is 68.3. The minimum atomic E-state index is -4.97. The second-order valence-corrected chi connectivity index (χ2v) is 27.8. The van der Waals surface area contributed by atoms with Crippen LogP contribution < -0.4 is 0 Å². The standard InChI is InChI=1S/C75H134O17P2/c1-5-9-13-17-21-25-29-32-33-34-35-38-41-44-48-52-56-60-73(78)86-65-70(91-74(79)61-57-53-49-45-39-28-24-20-16-12-8-4)67-89-93(81,82)87-63-69(76)64-88-94(83,84)90-68-71(92-75(80)62-58-54-50-46-42-37-31-27-23-19-15-11-7-3)66-85-72(77)59-55-51-47-43-40-36-30-26-22-18-14-10-6-2/h9,13,21,25-27,30-33,35,38,69-71,76H,5-8,10-12,14-20,22-24,28-29,34,36-37,39-68H2,1-4H3,(H,81,82)(H,83,84)/b13-9-,25-21-,30-26-,31-27-,33-32-,38-35-. The van der Waals surface area contributed by atoms with Crippen LogP contribution in [0.15, 0.2) is 72.9 Å². The van der Waals surface area contributed by atoms with Crippen LogP contribution in [0.3, 0.4) is 0 Å². The Labute approximate surface area is 571 Å². The number of rotatable bonds is 70. The van der Waals surface area contributed by atoms with Gasteiger partial charge in [-0.1, -0.05) is 255 Å². The van der Waals surface area contributed by atoms with Crippen molar-refractivity contribution in [3.63, 3.8) is 0 Å². The van der Waals surface area contributed by atoms with E-state index in [1.54, 1.807) is 0 Å². The number of unbranched alkanes of at least 4 members (excludes halogenated alkanes) is 32. The van der Waals surface area contributed by atoms with Gasteiger partial charge in [-0.05, 0) is 116 Å². The topological polar surface area (TPSA) is 237 Å². The van der Waals surface area contributed by atoms with Crippen LogP contribution in [0.4, 0.5) is 0 Å². The van der Waals surface area contributed by atoms with Crippen LogP contribution in [0.1, 0.15) is 323 Å². The van der Waals surface area contributed by atoms with Crippen molar-refractivity contribution in [1.82, 2.24) is 0 Å². The fourth-order valence-electron chi connectivity index (χ4n) is 9.97. The lowest BCUT2D eigenvalue weighted by molar-refractivity contribution is -0.161. The zero-order valence-corrected chi connectivity index (χ0v) is 61.2. The lowest BCUT2D eigenvalue weighted by Gasteiger charge is -2.21. The third-order valence-electron chi connectivity index (χ3n) is 15.7.